The Morgan fingerprint density at radius 2 is 1.56 bits per heavy atom. The maximum atomic E-state index is 13.8. The zero-order valence-corrected chi connectivity index (χ0v) is 21.7. The molecular formula is C31H35ClN2O2. The number of benzene rings is 3. The third-order valence-electron chi connectivity index (χ3n) is 7.00. The number of nitrogens with one attached hydrogen (secondary N) is 1. The third kappa shape index (κ3) is 7.20. The van der Waals surface area contributed by atoms with Crippen LogP contribution in [-0.4, -0.2) is 28.8 Å². The lowest BCUT2D eigenvalue weighted by atomic mass is 9.94. The quantitative estimate of drug-likeness (QED) is 0.374. The number of amides is 2. The summed E-state index contributed by atoms with van der Waals surface area (Å²) in [5.41, 5.74) is 3.93. The Morgan fingerprint density at radius 1 is 0.889 bits per heavy atom. The molecular weight excluding hydrogens is 468 g/mol. The summed E-state index contributed by atoms with van der Waals surface area (Å²) >= 11 is 6.51. The Morgan fingerprint density at radius 3 is 2.25 bits per heavy atom. The fourth-order valence-corrected chi connectivity index (χ4v) is 5.09. The van der Waals surface area contributed by atoms with E-state index < -0.39 is 6.04 Å². The first-order valence-corrected chi connectivity index (χ1v) is 13.3. The maximum absolute atomic E-state index is 13.8. The van der Waals surface area contributed by atoms with E-state index in [-0.39, 0.29) is 30.8 Å². The molecule has 1 N–H and O–H groups in total. The minimum absolute atomic E-state index is 0.0847. The number of rotatable bonds is 9. The molecule has 4 nitrogen and oxygen atoms in total. The summed E-state index contributed by atoms with van der Waals surface area (Å²) in [6.45, 7) is 2.31. The zero-order chi connectivity index (χ0) is 25.3. The van der Waals surface area contributed by atoms with Crippen LogP contribution in [0.1, 0.15) is 54.4 Å². The summed E-state index contributed by atoms with van der Waals surface area (Å²) in [5, 5.41) is 3.87. The molecule has 3 aromatic carbocycles. The summed E-state index contributed by atoms with van der Waals surface area (Å²) < 4.78 is 0. The molecule has 0 heterocycles. The standard InChI is InChI=1S/C31H35ClN2O2/c1-23-16-18-25(19-17-23)21-30(35)34(22-26-12-8-9-15-28(26)32)29(20-24-10-4-2-5-11-24)31(36)33-27-13-6-3-7-14-27/h2,4-5,8-12,15-19,27,29H,3,6-7,13-14,20-22H2,1H3,(H,33,36). The average molecular weight is 503 g/mol. The van der Waals surface area contributed by atoms with Crippen molar-refractivity contribution in [3.63, 3.8) is 0 Å². The van der Waals surface area contributed by atoms with Crippen LogP contribution in [0, 0.1) is 6.92 Å². The molecule has 1 saturated carbocycles. The first-order valence-electron chi connectivity index (χ1n) is 12.9. The molecule has 0 saturated heterocycles. The number of hydrogen-bond donors (Lipinski definition) is 1. The molecule has 1 unspecified atom stereocenters. The summed E-state index contributed by atoms with van der Waals surface area (Å²) in [6, 6.07) is 25.0. The van der Waals surface area contributed by atoms with Crippen molar-refractivity contribution in [1.29, 1.82) is 0 Å². The highest BCUT2D eigenvalue weighted by molar-refractivity contribution is 6.31. The van der Waals surface area contributed by atoms with Crippen LogP contribution in [0.5, 0.6) is 0 Å². The highest BCUT2D eigenvalue weighted by Crippen LogP contribution is 2.23. The second-order valence-electron chi connectivity index (χ2n) is 9.82. The van der Waals surface area contributed by atoms with Crippen molar-refractivity contribution in [2.75, 3.05) is 0 Å². The molecule has 2 amide bonds. The number of aryl methyl sites for hydroxylation is 1. The lowest BCUT2D eigenvalue weighted by molar-refractivity contribution is -0.141. The second kappa shape index (κ2) is 12.7. The Balaban J connectivity index is 1.65. The van der Waals surface area contributed by atoms with Gasteiger partial charge in [0.2, 0.25) is 11.8 Å². The van der Waals surface area contributed by atoms with Gasteiger partial charge in [0, 0.05) is 24.0 Å². The van der Waals surface area contributed by atoms with Crippen LogP contribution in [0.2, 0.25) is 5.02 Å². The van der Waals surface area contributed by atoms with Crippen LogP contribution in [0.4, 0.5) is 0 Å². The fourth-order valence-electron chi connectivity index (χ4n) is 4.89. The van der Waals surface area contributed by atoms with Gasteiger partial charge in [0.05, 0.1) is 6.42 Å². The van der Waals surface area contributed by atoms with E-state index in [4.69, 9.17) is 11.6 Å². The van der Waals surface area contributed by atoms with Crippen LogP contribution in [0.3, 0.4) is 0 Å². The van der Waals surface area contributed by atoms with E-state index in [0.717, 1.165) is 47.9 Å². The number of carbonyl (C=O) groups is 2. The van der Waals surface area contributed by atoms with E-state index in [1.807, 2.05) is 85.8 Å². The van der Waals surface area contributed by atoms with Crippen LogP contribution in [0.15, 0.2) is 78.9 Å². The summed E-state index contributed by atoms with van der Waals surface area (Å²) in [7, 11) is 0. The molecule has 0 bridgehead atoms. The van der Waals surface area contributed by atoms with Gasteiger partial charge >= 0.3 is 0 Å². The summed E-state index contributed by atoms with van der Waals surface area (Å²) in [5.74, 6) is -0.173. The van der Waals surface area contributed by atoms with Gasteiger partial charge in [0.25, 0.3) is 0 Å². The van der Waals surface area contributed by atoms with Gasteiger partial charge in [-0.2, -0.15) is 0 Å². The third-order valence-corrected chi connectivity index (χ3v) is 7.37. The predicted octanol–water partition coefficient (Wildman–Crippen LogP) is 6.28. The number of halogens is 1. The Hall–Kier alpha value is -3.11. The summed E-state index contributed by atoms with van der Waals surface area (Å²) in [4.78, 5) is 29.4. The zero-order valence-electron chi connectivity index (χ0n) is 21.0. The molecule has 1 aliphatic carbocycles. The highest BCUT2D eigenvalue weighted by Gasteiger charge is 2.32. The highest BCUT2D eigenvalue weighted by atomic mass is 35.5. The lowest BCUT2D eigenvalue weighted by Gasteiger charge is -2.33. The van der Waals surface area contributed by atoms with E-state index in [2.05, 4.69) is 5.32 Å². The molecule has 0 aromatic heterocycles. The smallest absolute Gasteiger partial charge is 0.243 e. The molecule has 1 aliphatic rings. The Kier molecular flexibility index (Phi) is 9.18. The van der Waals surface area contributed by atoms with Crippen LogP contribution in [0.25, 0.3) is 0 Å². The SMILES string of the molecule is Cc1ccc(CC(=O)N(Cc2ccccc2Cl)C(Cc2ccccc2)C(=O)NC2CCCCC2)cc1. The minimum Gasteiger partial charge on any atom is -0.352 e. The molecule has 0 radical (unpaired) electrons. The van der Waals surface area contributed by atoms with Crippen molar-refractivity contribution < 1.29 is 9.59 Å². The van der Waals surface area contributed by atoms with E-state index in [0.29, 0.717) is 11.4 Å². The minimum atomic E-state index is -0.636. The van der Waals surface area contributed by atoms with Gasteiger partial charge < -0.3 is 10.2 Å². The van der Waals surface area contributed by atoms with Crippen molar-refractivity contribution in [1.82, 2.24) is 10.2 Å². The van der Waals surface area contributed by atoms with Crippen molar-refractivity contribution in [2.45, 2.75) is 70.5 Å². The van der Waals surface area contributed by atoms with Gasteiger partial charge in [-0.25, -0.2) is 0 Å². The van der Waals surface area contributed by atoms with Gasteiger partial charge in [0.1, 0.15) is 6.04 Å². The van der Waals surface area contributed by atoms with Crippen molar-refractivity contribution in [3.05, 3.63) is 106 Å². The van der Waals surface area contributed by atoms with Gasteiger partial charge in [-0.1, -0.05) is 109 Å². The lowest BCUT2D eigenvalue weighted by Crippen LogP contribution is -2.53. The van der Waals surface area contributed by atoms with Crippen LogP contribution < -0.4 is 5.32 Å². The molecule has 3 aromatic rings. The maximum Gasteiger partial charge on any atom is 0.243 e. The molecule has 0 aliphatic heterocycles. The van der Waals surface area contributed by atoms with Gasteiger partial charge in [0.15, 0.2) is 0 Å². The van der Waals surface area contributed by atoms with Crippen LogP contribution in [-0.2, 0) is 29.0 Å². The molecule has 1 atom stereocenters. The van der Waals surface area contributed by atoms with Crippen molar-refractivity contribution in [2.24, 2.45) is 0 Å². The van der Waals surface area contributed by atoms with Gasteiger partial charge in [-0.05, 0) is 42.5 Å². The van der Waals surface area contributed by atoms with E-state index in [1.165, 1.54) is 6.42 Å². The Labute approximate surface area is 219 Å². The largest absolute Gasteiger partial charge is 0.352 e. The molecule has 0 spiro atoms. The van der Waals surface area contributed by atoms with Crippen molar-refractivity contribution in [3.8, 4) is 0 Å². The monoisotopic (exact) mass is 502 g/mol. The average Bonchev–Trinajstić information content (AvgIpc) is 2.89. The molecule has 5 heteroatoms. The Bertz CT molecular complexity index is 1140. The molecule has 1 fully saturated rings. The van der Waals surface area contributed by atoms with Crippen molar-refractivity contribution >= 4 is 23.4 Å². The predicted molar refractivity (Wildman–Crippen MR) is 146 cm³/mol. The normalized spacial score (nSPS) is 14.7. The van der Waals surface area contributed by atoms with E-state index in [1.54, 1.807) is 4.90 Å². The first kappa shape index (κ1) is 26.0. The number of carbonyl (C=O) groups excluding carboxylic acids is 2. The number of hydrogen-bond acceptors (Lipinski definition) is 2. The van der Waals surface area contributed by atoms with E-state index in [9.17, 15) is 9.59 Å². The van der Waals surface area contributed by atoms with Crippen LogP contribution >= 0.6 is 11.6 Å². The fraction of sp³-hybridized carbons (Fsp3) is 0.355. The van der Waals surface area contributed by atoms with E-state index >= 15 is 0 Å². The topological polar surface area (TPSA) is 49.4 Å². The molecule has 188 valence electrons. The summed E-state index contributed by atoms with van der Waals surface area (Å²) in [6.07, 6.45) is 6.13. The molecule has 4 rings (SSSR count). The first-order chi connectivity index (χ1) is 17.5. The van der Waals surface area contributed by atoms with Gasteiger partial charge in [-0.3, -0.25) is 9.59 Å². The second-order valence-corrected chi connectivity index (χ2v) is 10.2. The van der Waals surface area contributed by atoms with Gasteiger partial charge in [-0.15, -0.1) is 0 Å². The molecule has 36 heavy (non-hydrogen) atoms. The number of nitrogens with zero attached hydrogens (tertiary/aromatic N) is 1.